The van der Waals surface area contributed by atoms with E-state index < -0.39 is 21.3 Å². The van der Waals surface area contributed by atoms with E-state index in [9.17, 15) is 18.0 Å². The first-order valence-electron chi connectivity index (χ1n) is 10.4. The molecule has 0 fully saturated rings. The quantitative estimate of drug-likeness (QED) is 0.361. The van der Waals surface area contributed by atoms with E-state index in [0.717, 1.165) is 5.56 Å². The number of rotatable bonds is 6. The molecule has 34 heavy (non-hydrogen) atoms. The molecule has 0 saturated carbocycles. The van der Waals surface area contributed by atoms with Gasteiger partial charge < -0.3 is 10.5 Å². The van der Waals surface area contributed by atoms with E-state index in [1.54, 1.807) is 43.5 Å². The van der Waals surface area contributed by atoms with Gasteiger partial charge in [-0.3, -0.25) is 14.3 Å². The number of nitrogens with one attached hydrogen (secondary N) is 1. The first-order chi connectivity index (χ1) is 15.8. The molecule has 3 aromatic rings. The number of nitrogen functional groups attached to an aromatic ring is 1. The van der Waals surface area contributed by atoms with Crippen LogP contribution in [0.2, 0.25) is 0 Å². The summed E-state index contributed by atoms with van der Waals surface area (Å²) in [6.07, 6.45) is 5.00. The lowest BCUT2D eigenvalue weighted by atomic mass is 9.84. The molecule has 0 aliphatic heterocycles. The van der Waals surface area contributed by atoms with Crippen molar-refractivity contribution in [3.05, 3.63) is 85.7 Å². The second-order valence-corrected chi connectivity index (χ2v) is 10.6. The highest BCUT2D eigenvalue weighted by molar-refractivity contribution is 7.88. The average Bonchev–Trinajstić information content (AvgIpc) is 2.70. The first-order valence-corrected chi connectivity index (χ1v) is 12.1. The summed E-state index contributed by atoms with van der Waals surface area (Å²) in [6.45, 7) is 6.08. The molecular weight excluding hydrogens is 456 g/mol. The van der Waals surface area contributed by atoms with Gasteiger partial charge >= 0.3 is 5.69 Å². The number of aromatic amines is 1. The van der Waals surface area contributed by atoms with Crippen molar-refractivity contribution in [1.29, 1.82) is 0 Å². The number of anilines is 1. The van der Waals surface area contributed by atoms with Gasteiger partial charge in [0, 0.05) is 29.1 Å². The third-order valence-corrected chi connectivity index (χ3v) is 5.91. The molecule has 0 bridgehead atoms. The zero-order valence-corrected chi connectivity index (χ0v) is 20.3. The predicted octanol–water partition coefficient (Wildman–Crippen LogP) is 2.37. The Morgan fingerprint density at radius 1 is 1.06 bits per heavy atom. The summed E-state index contributed by atoms with van der Waals surface area (Å²) in [5.41, 5.74) is 8.45. The first kappa shape index (κ1) is 25.0. The second-order valence-electron chi connectivity index (χ2n) is 8.95. The van der Waals surface area contributed by atoms with E-state index in [-0.39, 0.29) is 11.2 Å². The average molecular weight is 485 g/mol. The Balaban J connectivity index is 2.14. The topological polar surface area (TPSA) is 150 Å². The monoisotopic (exact) mass is 484 g/mol. The maximum Gasteiger partial charge on any atom is 0.332 e. The molecule has 0 unspecified atom stereocenters. The summed E-state index contributed by atoms with van der Waals surface area (Å²) in [5.74, 6) is 0.328. The van der Waals surface area contributed by atoms with Gasteiger partial charge in [0.2, 0.25) is 10.0 Å². The fraction of sp³-hybridized carbons (Fsp3) is 0.250. The Hall–Kier alpha value is -3.63. The molecule has 2 aromatic carbocycles. The Morgan fingerprint density at radius 2 is 1.74 bits per heavy atom. The fourth-order valence-electron chi connectivity index (χ4n) is 3.58. The maximum atomic E-state index is 12.4. The summed E-state index contributed by atoms with van der Waals surface area (Å²) in [7, 11) is -2.09. The largest absolute Gasteiger partial charge is 0.496 e. The standard InChI is InChI=1S/C24H28N4O5S/c1-24(2,3)19-13-18(28-10-9-21(29)27-23(28)30)12-17(22(19)33-4)8-7-16-6-5-15(11-20(16)25)14-34(26,31)32/h5-13H,14,25H2,1-4H3,(H2,26,31,32)(H,27,29,30)/b8-7+. The normalized spacial score (nSPS) is 12.3. The number of hydrogen-bond acceptors (Lipinski definition) is 6. The van der Waals surface area contributed by atoms with Crippen LogP contribution >= 0.6 is 0 Å². The van der Waals surface area contributed by atoms with Crippen LogP contribution < -0.4 is 26.9 Å². The molecule has 3 rings (SSSR count). The predicted molar refractivity (Wildman–Crippen MR) is 135 cm³/mol. The minimum atomic E-state index is -3.67. The molecule has 0 saturated heterocycles. The number of primary sulfonamides is 1. The lowest BCUT2D eigenvalue weighted by Gasteiger charge is -2.25. The van der Waals surface area contributed by atoms with Crippen molar-refractivity contribution < 1.29 is 13.2 Å². The van der Waals surface area contributed by atoms with Gasteiger partial charge in [-0.1, -0.05) is 45.1 Å². The number of H-pyrrole nitrogens is 1. The highest BCUT2D eigenvalue weighted by Gasteiger charge is 2.22. The fourth-order valence-corrected chi connectivity index (χ4v) is 4.23. The highest BCUT2D eigenvalue weighted by atomic mass is 32.2. The molecule has 180 valence electrons. The van der Waals surface area contributed by atoms with Crippen molar-refractivity contribution in [2.45, 2.75) is 31.9 Å². The van der Waals surface area contributed by atoms with E-state index in [0.29, 0.717) is 33.8 Å². The number of nitrogens with two attached hydrogens (primary N) is 2. The molecule has 0 aliphatic rings. The molecule has 10 heteroatoms. The van der Waals surface area contributed by atoms with Gasteiger partial charge in [0.05, 0.1) is 18.6 Å². The second kappa shape index (κ2) is 9.32. The van der Waals surface area contributed by atoms with Crippen molar-refractivity contribution in [2.75, 3.05) is 12.8 Å². The molecule has 9 nitrogen and oxygen atoms in total. The lowest BCUT2D eigenvalue weighted by Crippen LogP contribution is -2.28. The molecule has 0 radical (unpaired) electrons. The molecule has 0 spiro atoms. The number of sulfonamides is 1. The zero-order chi connectivity index (χ0) is 25.3. The summed E-state index contributed by atoms with van der Waals surface area (Å²) < 4.78 is 29.8. The summed E-state index contributed by atoms with van der Waals surface area (Å²) in [4.78, 5) is 26.2. The number of nitrogens with zero attached hydrogens (tertiary/aromatic N) is 1. The number of methoxy groups -OCH3 is 1. The molecule has 1 heterocycles. The van der Waals surface area contributed by atoms with Gasteiger partial charge in [-0.05, 0) is 34.7 Å². The van der Waals surface area contributed by atoms with E-state index in [4.69, 9.17) is 15.6 Å². The van der Waals surface area contributed by atoms with Gasteiger partial charge in [0.15, 0.2) is 0 Å². The van der Waals surface area contributed by atoms with Gasteiger partial charge in [-0.25, -0.2) is 18.4 Å². The molecule has 0 atom stereocenters. The summed E-state index contributed by atoms with van der Waals surface area (Å²) in [5, 5.41) is 5.11. The van der Waals surface area contributed by atoms with Gasteiger partial charge in [0.1, 0.15) is 5.75 Å². The van der Waals surface area contributed by atoms with Crippen molar-refractivity contribution in [2.24, 2.45) is 5.14 Å². The molecule has 0 aliphatic carbocycles. The van der Waals surface area contributed by atoms with Crippen molar-refractivity contribution in [3.63, 3.8) is 0 Å². The van der Waals surface area contributed by atoms with E-state index in [2.05, 4.69) is 4.98 Å². The molecule has 1 aromatic heterocycles. The van der Waals surface area contributed by atoms with Crippen molar-refractivity contribution in [3.8, 4) is 11.4 Å². The van der Waals surface area contributed by atoms with Crippen LogP contribution in [0, 0.1) is 0 Å². The SMILES string of the molecule is COc1c(/C=C/c2ccc(CS(N)(=O)=O)cc2N)cc(-n2ccc(=O)[nH]c2=O)cc1C(C)(C)C. The van der Waals surface area contributed by atoms with Crippen LogP contribution in [-0.4, -0.2) is 25.1 Å². The molecule has 5 N–H and O–H groups in total. The minimum Gasteiger partial charge on any atom is -0.496 e. The smallest absolute Gasteiger partial charge is 0.332 e. The Kier molecular flexibility index (Phi) is 6.85. The van der Waals surface area contributed by atoms with Crippen molar-refractivity contribution in [1.82, 2.24) is 9.55 Å². The van der Waals surface area contributed by atoms with E-state index >= 15 is 0 Å². The summed E-state index contributed by atoms with van der Waals surface area (Å²) >= 11 is 0. The van der Waals surface area contributed by atoms with Crippen LogP contribution in [0.4, 0.5) is 5.69 Å². The van der Waals surface area contributed by atoms with Gasteiger partial charge in [0.25, 0.3) is 5.56 Å². The third-order valence-electron chi connectivity index (χ3n) is 5.18. The number of hydrogen-bond donors (Lipinski definition) is 3. The minimum absolute atomic E-state index is 0.306. The highest BCUT2D eigenvalue weighted by Crippen LogP contribution is 2.37. The van der Waals surface area contributed by atoms with Crippen LogP contribution in [0.15, 0.2) is 52.2 Å². The van der Waals surface area contributed by atoms with Crippen LogP contribution in [0.3, 0.4) is 0 Å². The van der Waals surface area contributed by atoms with Gasteiger partial charge in [-0.2, -0.15) is 0 Å². The van der Waals surface area contributed by atoms with Crippen LogP contribution in [0.5, 0.6) is 5.75 Å². The van der Waals surface area contributed by atoms with Crippen LogP contribution in [0.1, 0.15) is 43.0 Å². The maximum absolute atomic E-state index is 12.4. The summed E-state index contributed by atoms with van der Waals surface area (Å²) in [6, 6.07) is 9.83. The van der Waals surface area contributed by atoms with E-state index in [1.807, 2.05) is 26.8 Å². The Labute approximate surface area is 197 Å². The molecule has 0 amide bonds. The third kappa shape index (κ3) is 5.83. The lowest BCUT2D eigenvalue weighted by molar-refractivity contribution is 0.396. The number of benzene rings is 2. The van der Waals surface area contributed by atoms with Crippen LogP contribution in [-0.2, 0) is 21.2 Å². The Bertz CT molecular complexity index is 1480. The zero-order valence-electron chi connectivity index (χ0n) is 19.5. The van der Waals surface area contributed by atoms with Crippen molar-refractivity contribution >= 4 is 27.9 Å². The molecular formula is C24H28N4O5S. The van der Waals surface area contributed by atoms with Gasteiger partial charge in [-0.15, -0.1) is 0 Å². The number of ether oxygens (including phenoxy) is 1. The van der Waals surface area contributed by atoms with Crippen LogP contribution in [0.25, 0.3) is 17.8 Å². The number of aromatic nitrogens is 2. The van der Waals surface area contributed by atoms with E-state index in [1.165, 1.54) is 16.8 Å². The Morgan fingerprint density at radius 3 is 2.29 bits per heavy atom.